The van der Waals surface area contributed by atoms with Crippen molar-refractivity contribution in [2.24, 2.45) is 0 Å². The number of nitrogens with zero attached hydrogens (tertiary/aromatic N) is 2. The van der Waals surface area contributed by atoms with Crippen LogP contribution in [0.2, 0.25) is 0 Å². The zero-order valence-corrected chi connectivity index (χ0v) is 11.9. The Morgan fingerprint density at radius 2 is 2.24 bits per heavy atom. The molecule has 0 amide bonds. The number of hydrogen-bond acceptors (Lipinski definition) is 5. The van der Waals surface area contributed by atoms with Crippen LogP contribution in [0, 0.1) is 0 Å². The van der Waals surface area contributed by atoms with Gasteiger partial charge < -0.3 is 5.32 Å². The lowest BCUT2D eigenvalue weighted by Gasteiger charge is -2.15. The molecule has 0 saturated heterocycles. The van der Waals surface area contributed by atoms with Gasteiger partial charge in [-0.2, -0.15) is 4.31 Å². The second-order valence-corrected chi connectivity index (χ2v) is 6.78. The predicted octanol–water partition coefficient (Wildman–Crippen LogP) is 0.904. The van der Waals surface area contributed by atoms with E-state index in [4.69, 9.17) is 0 Å². The van der Waals surface area contributed by atoms with Crippen molar-refractivity contribution < 1.29 is 8.42 Å². The van der Waals surface area contributed by atoms with Gasteiger partial charge in [0.2, 0.25) is 10.0 Å². The molecule has 1 rings (SSSR count). The van der Waals surface area contributed by atoms with Gasteiger partial charge >= 0.3 is 0 Å². The van der Waals surface area contributed by atoms with Crippen LogP contribution in [0.15, 0.2) is 10.9 Å². The molecule has 1 aromatic heterocycles. The Kier molecular flexibility index (Phi) is 6.04. The Balaban J connectivity index is 2.41. The van der Waals surface area contributed by atoms with Crippen LogP contribution in [0.5, 0.6) is 0 Å². The summed E-state index contributed by atoms with van der Waals surface area (Å²) >= 11 is 1.48. The summed E-state index contributed by atoms with van der Waals surface area (Å²) in [6.45, 7) is 1.21. The summed E-state index contributed by atoms with van der Waals surface area (Å²) in [5.41, 5.74) is 2.51. The summed E-state index contributed by atoms with van der Waals surface area (Å²) in [6, 6.07) is 0. The highest BCUT2D eigenvalue weighted by Crippen LogP contribution is 2.09. The average Bonchev–Trinajstić information content (AvgIpc) is 2.77. The molecule has 0 radical (unpaired) electrons. The lowest BCUT2D eigenvalue weighted by Crippen LogP contribution is -2.29. The quantitative estimate of drug-likeness (QED) is 0.717. The smallest absolute Gasteiger partial charge is 0.214 e. The molecule has 0 saturated carbocycles. The monoisotopic (exact) mass is 277 g/mol. The molecule has 0 aliphatic rings. The average molecular weight is 277 g/mol. The van der Waals surface area contributed by atoms with Crippen LogP contribution < -0.4 is 5.32 Å². The van der Waals surface area contributed by atoms with E-state index in [2.05, 4.69) is 10.3 Å². The Morgan fingerprint density at radius 1 is 1.47 bits per heavy atom. The Labute approximate surface area is 107 Å². The molecule has 0 atom stereocenters. The Bertz CT molecular complexity index is 403. The zero-order chi connectivity index (χ0) is 12.7. The van der Waals surface area contributed by atoms with Gasteiger partial charge in [-0.3, -0.25) is 0 Å². The topological polar surface area (TPSA) is 62.3 Å². The van der Waals surface area contributed by atoms with Gasteiger partial charge in [0.05, 0.1) is 23.5 Å². The molecular formula is C10H19N3O2S2. The molecule has 1 N–H and O–H groups in total. The number of sulfonamides is 1. The fourth-order valence-corrected chi connectivity index (χ4v) is 3.14. The highest BCUT2D eigenvalue weighted by molar-refractivity contribution is 7.89. The van der Waals surface area contributed by atoms with Crippen molar-refractivity contribution in [3.8, 4) is 0 Å². The first-order chi connectivity index (χ1) is 8.06. The molecule has 7 heteroatoms. The summed E-state index contributed by atoms with van der Waals surface area (Å²) < 4.78 is 25.2. The largest absolute Gasteiger partial charge is 0.320 e. The first-order valence-electron chi connectivity index (χ1n) is 5.52. The third kappa shape index (κ3) is 5.12. The van der Waals surface area contributed by atoms with Crippen molar-refractivity contribution in [1.82, 2.24) is 14.6 Å². The number of aromatic nitrogens is 1. The lowest BCUT2D eigenvalue weighted by atomic mass is 10.3. The van der Waals surface area contributed by atoms with Gasteiger partial charge in [0, 0.05) is 12.4 Å². The number of unbranched alkanes of at least 4 members (excludes halogenated alkanes) is 1. The van der Waals surface area contributed by atoms with E-state index in [0.29, 0.717) is 13.0 Å². The highest BCUT2D eigenvalue weighted by atomic mass is 32.2. The fraction of sp³-hybridized carbons (Fsp3) is 0.700. The van der Waals surface area contributed by atoms with Crippen molar-refractivity contribution in [3.05, 3.63) is 16.6 Å². The van der Waals surface area contributed by atoms with Crippen molar-refractivity contribution in [1.29, 1.82) is 0 Å². The third-order valence-electron chi connectivity index (χ3n) is 2.42. The molecule has 0 aliphatic heterocycles. The van der Waals surface area contributed by atoms with E-state index >= 15 is 0 Å². The normalized spacial score (nSPS) is 12.2. The SMILES string of the molecule is CNCCCCS(=O)(=O)N(C)Cc1cscn1. The van der Waals surface area contributed by atoms with Crippen LogP contribution in [0.25, 0.3) is 0 Å². The first-order valence-corrected chi connectivity index (χ1v) is 8.07. The number of nitrogens with one attached hydrogen (secondary N) is 1. The van der Waals surface area contributed by atoms with E-state index in [-0.39, 0.29) is 5.75 Å². The van der Waals surface area contributed by atoms with Gasteiger partial charge in [0.25, 0.3) is 0 Å². The van der Waals surface area contributed by atoms with Gasteiger partial charge in [-0.25, -0.2) is 13.4 Å². The highest BCUT2D eigenvalue weighted by Gasteiger charge is 2.17. The van der Waals surface area contributed by atoms with Crippen molar-refractivity contribution in [3.63, 3.8) is 0 Å². The maximum absolute atomic E-state index is 11.9. The summed E-state index contributed by atoms with van der Waals surface area (Å²) in [5, 5.41) is 4.87. The standard InChI is InChI=1S/C10H19N3O2S2/c1-11-5-3-4-6-17(14,15)13(2)7-10-8-16-9-12-10/h8-9,11H,3-7H2,1-2H3. The van der Waals surface area contributed by atoms with Crippen LogP contribution in [0.1, 0.15) is 18.5 Å². The van der Waals surface area contributed by atoms with Gasteiger partial charge in [-0.1, -0.05) is 0 Å². The molecular weight excluding hydrogens is 258 g/mol. The van der Waals surface area contributed by atoms with E-state index in [1.807, 2.05) is 12.4 Å². The van der Waals surface area contributed by atoms with E-state index in [9.17, 15) is 8.42 Å². The van der Waals surface area contributed by atoms with Gasteiger partial charge in [0.15, 0.2) is 0 Å². The molecule has 17 heavy (non-hydrogen) atoms. The Morgan fingerprint density at radius 3 is 2.82 bits per heavy atom. The molecule has 0 bridgehead atoms. The number of thiazole rings is 1. The lowest BCUT2D eigenvalue weighted by molar-refractivity contribution is 0.460. The van der Waals surface area contributed by atoms with Crippen LogP contribution in [0.4, 0.5) is 0 Å². The van der Waals surface area contributed by atoms with Crippen LogP contribution in [0.3, 0.4) is 0 Å². The minimum Gasteiger partial charge on any atom is -0.320 e. The molecule has 0 spiro atoms. The van der Waals surface area contributed by atoms with E-state index in [0.717, 1.165) is 18.7 Å². The van der Waals surface area contributed by atoms with Crippen LogP contribution in [-0.4, -0.2) is 44.1 Å². The molecule has 0 aliphatic carbocycles. The first kappa shape index (κ1) is 14.6. The van der Waals surface area contributed by atoms with Crippen LogP contribution in [-0.2, 0) is 16.6 Å². The molecule has 1 aromatic rings. The number of hydrogen-bond donors (Lipinski definition) is 1. The van der Waals surface area contributed by atoms with Crippen molar-refractivity contribution in [2.75, 3.05) is 26.4 Å². The molecule has 5 nitrogen and oxygen atoms in total. The summed E-state index contributed by atoms with van der Waals surface area (Å²) in [4.78, 5) is 4.08. The molecule has 98 valence electrons. The molecule has 0 fully saturated rings. The minimum absolute atomic E-state index is 0.204. The number of rotatable bonds is 8. The second-order valence-electron chi connectivity index (χ2n) is 3.86. The summed E-state index contributed by atoms with van der Waals surface area (Å²) in [5.74, 6) is 0.204. The maximum atomic E-state index is 11.9. The van der Waals surface area contributed by atoms with E-state index in [1.165, 1.54) is 15.6 Å². The zero-order valence-electron chi connectivity index (χ0n) is 10.2. The van der Waals surface area contributed by atoms with Crippen molar-refractivity contribution in [2.45, 2.75) is 19.4 Å². The molecule has 1 heterocycles. The second kappa shape index (κ2) is 7.05. The summed E-state index contributed by atoms with van der Waals surface area (Å²) in [6.07, 6.45) is 1.56. The van der Waals surface area contributed by atoms with Gasteiger partial charge in [-0.15, -0.1) is 11.3 Å². The predicted molar refractivity (Wildman–Crippen MR) is 70.5 cm³/mol. The maximum Gasteiger partial charge on any atom is 0.214 e. The van der Waals surface area contributed by atoms with Crippen molar-refractivity contribution >= 4 is 21.4 Å². The Hall–Kier alpha value is -0.500. The van der Waals surface area contributed by atoms with Gasteiger partial charge in [0.1, 0.15) is 0 Å². The van der Waals surface area contributed by atoms with E-state index < -0.39 is 10.0 Å². The van der Waals surface area contributed by atoms with E-state index in [1.54, 1.807) is 12.6 Å². The van der Waals surface area contributed by atoms with Crippen LogP contribution >= 0.6 is 11.3 Å². The minimum atomic E-state index is -3.15. The third-order valence-corrected chi connectivity index (χ3v) is 4.94. The summed E-state index contributed by atoms with van der Waals surface area (Å²) in [7, 11) is 0.321. The van der Waals surface area contributed by atoms with Gasteiger partial charge in [-0.05, 0) is 26.4 Å². The molecule has 0 unspecified atom stereocenters. The fourth-order valence-electron chi connectivity index (χ4n) is 1.38. The molecule has 0 aromatic carbocycles.